The molecule has 0 aromatic rings. The predicted molar refractivity (Wildman–Crippen MR) is 75.3 cm³/mol. The molecule has 0 bridgehead atoms. The minimum Gasteiger partial charge on any atom is -0.465 e. The third kappa shape index (κ3) is 3.06. The van der Waals surface area contributed by atoms with Crippen LogP contribution in [0.5, 0.6) is 0 Å². The highest BCUT2D eigenvalue weighted by molar-refractivity contribution is 5.78. The van der Waals surface area contributed by atoms with Crippen LogP contribution in [0.2, 0.25) is 0 Å². The van der Waals surface area contributed by atoms with E-state index in [2.05, 4.69) is 0 Å². The van der Waals surface area contributed by atoms with E-state index >= 15 is 0 Å². The summed E-state index contributed by atoms with van der Waals surface area (Å²) in [7, 11) is 3.40. The van der Waals surface area contributed by atoms with Crippen molar-refractivity contribution in [2.75, 3.05) is 33.8 Å². The molecule has 1 rings (SSSR count). The van der Waals surface area contributed by atoms with Crippen molar-refractivity contribution in [1.29, 1.82) is 0 Å². The van der Waals surface area contributed by atoms with Crippen LogP contribution >= 0.6 is 0 Å². The standard InChI is InChI=1S/C14H26N2O4/c1-6-20-11(17)13(2,3)14(19)7-9-16(10-8-14)12(18)15(4)5/h19H,6-10H2,1-5H3. The van der Waals surface area contributed by atoms with Crippen molar-refractivity contribution in [2.45, 2.75) is 39.2 Å². The van der Waals surface area contributed by atoms with Crippen molar-refractivity contribution in [3.05, 3.63) is 0 Å². The van der Waals surface area contributed by atoms with Crippen LogP contribution in [0, 0.1) is 5.41 Å². The molecule has 2 amide bonds. The molecule has 0 saturated carbocycles. The molecule has 0 spiro atoms. The first-order valence-electron chi connectivity index (χ1n) is 7.01. The summed E-state index contributed by atoms with van der Waals surface area (Å²) in [5.74, 6) is -0.394. The summed E-state index contributed by atoms with van der Waals surface area (Å²) in [5.41, 5.74) is -2.11. The quantitative estimate of drug-likeness (QED) is 0.788. The van der Waals surface area contributed by atoms with Crippen molar-refractivity contribution < 1.29 is 19.4 Å². The zero-order valence-electron chi connectivity index (χ0n) is 13.1. The lowest BCUT2D eigenvalue weighted by atomic mass is 9.69. The fourth-order valence-corrected chi connectivity index (χ4v) is 2.48. The highest BCUT2D eigenvalue weighted by Gasteiger charge is 2.51. The number of hydrogen-bond acceptors (Lipinski definition) is 4. The van der Waals surface area contributed by atoms with Gasteiger partial charge in [0.15, 0.2) is 0 Å². The molecule has 1 aliphatic rings. The molecule has 0 radical (unpaired) electrons. The van der Waals surface area contributed by atoms with E-state index in [9.17, 15) is 14.7 Å². The fourth-order valence-electron chi connectivity index (χ4n) is 2.48. The van der Waals surface area contributed by atoms with E-state index in [0.29, 0.717) is 32.5 Å². The highest BCUT2D eigenvalue weighted by atomic mass is 16.5. The summed E-state index contributed by atoms with van der Waals surface area (Å²) in [5, 5.41) is 10.8. The van der Waals surface area contributed by atoms with Gasteiger partial charge in [-0.3, -0.25) is 4.79 Å². The first-order chi connectivity index (χ1) is 9.15. The molecule has 6 nitrogen and oxygen atoms in total. The lowest BCUT2D eigenvalue weighted by molar-refractivity contribution is -0.176. The number of carbonyl (C=O) groups excluding carboxylic acids is 2. The first kappa shape index (κ1) is 16.8. The molecule has 0 aromatic carbocycles. The van der Waals surface area contributed by atoms with E-state index in [1.165, 1.54) is 4.90 Å². The number of hydrogen-bond donors (Lipinski definition) is 1. The molecular formula is C14H26N2O4. The largest absolute Gasteiger partial charge is 0.465 e. The number of urea groups is 1. The van der Waals surface area contributed by atoms with Gasteiger partial charge in [0.05, 0.1) is 17.6 Å². The maximum absolute atomic E-state index is 12.0. The molecule has 6 heteroatoms. The van der Waals surface area contributed by atoms with Crippen molar-refractivity contribution in [3.8, 4) is 0 Å². The van der Waals surface area contributed by atoms with Gasteiger partial charge in [-0.05, 0) is 33.6 Å². The Morgan fingerprint density at radius 3 is 2.20 bits per heavy atom. The zero-order chi connectivity index (χ0) is 15.6. The number of rotatable bonds is 3. The van der Waals surface area contributed by atoms with E-state index in [1.54, 1.807) is 39.8 Å². The Bertz CT molecular complexity index is 371. The molecule has 20 heavy (non-hydrogen) atoms. The molecule has 116 valence electrons. The maximum Gasteiger partial charge on any atom is 0.319 e. The van der Waals surface area contributed by atoms with Gasteiger partial charge >= 0.3 is 12.0 Å². The molecule has 1 fully saturated rings. The van der Waals surface area contributed by atoms with E-state index in [4.69, 9.17) is 4.74 Å². The van der Waals surface area contributed by atoms with Gasteiger partial charge < -0.3 is 19.6 Å². The predicted octanol–water partition coefficient (Wildman–Crippen LogP) is 1.08. The van der Waals surface area contributed by atoms with Crippen LogP contribution in [0.1, 0.15) is 33.6 Å². The highest BCUT2D eigenvalue weighted by Crippen LogP contribution is 2.40. The number of piperidine rings is 1. The van der Waals surface area contributed by atoms with E-state index in [1.807, 2.05) is 0 Å². The molecule has 0 atom stereocenters. The van der Waals surface area contributed by atoms with Crippen LogP contribution in [0.3, 0.4) is 0 Å². The van der Waals surface area contributed by atoms with Crippen LogP contribution in [0.25, 0.3) is 0 Å². The van der Waals surface area contributed by atoms with E-state index in [0.717, 1.165) is 0 Å². The van der Waals surface area contributed by atoms with Crippen LogP contribution in [-0.2, 0) is 9.53 Å². The second-order valence-electron chi connectivity index (χ2n) is 6.04. The Labute approximate surface area is 120 Å². The lowest BCUT2D eigenvalue weighted by Crippen LogP contribution is -2.57. The average molecular weight is 286 g/mol. The Morgan fingerprint density at radius 2 is 1.80 bits per heavy atom. The first-order valence-corrected chi connectivity index (χ1v) is 7.01. The van der Waals surface area contributed by atoms with Gasteiger partial charge in [0, 0.05) is 27.2 Å². The number of amides is 2. The summed E-state index contributed by atoms with van der Waals surface area (Å²) in [4.78, 5) is 27.1. The van der Waals surface area contributed by atoms with Crippen molar-refractivity contribution >= 4 is 12.0 Å². The summed E-state index contributed by atoms with van der Waals surface area (Å²) in [6.45, 7) is 6.33. The van der Waals surface area contributed by atoms with Gasteiger partial charge in [0.25, 0.3) is 0 Å². The monoisotopic (exact) mass is 286 g/mol. The summed E-state index contributed by atoms with van der Waals surface area (Å²) < 4.78 is 5.05. The molecule has 1 saturated heterocycles. The second-order valence-corrected chi connectivity index (χ2v) is 6.04. The molecule has 0 unspecified atom stereocenters. The third-order valence-electron chi connectivity index (χ3n) is 4.19. The third-order valence-corrected chi connectivity index (χ3v) is 4.19. The molecular weight excluding hydrogens is 260 g/mol. The average Bonchev–Trinajstić information content (AvgIpc) is 2.38. The van der Waals surface area contributed by atoms with Gasteiger partial charge in [-0.25, -0.2) is 4.79 Å². The fraction of sp³-hybridized carbons (Fsp3) is 0.857. The summed E-state index contributed by atoms with van der Waals surface area (Å²) in [6, 6.07) is -0.0685. The Kier molecular flexibility index (Phi) is 5.02. The number of likely N-dealkylation sites (tertiary alicyclic amines) is 1. The molecule has 1 N–H and O–H groups in total. The van der Waals surface area contributed by atoms with Gasteiger partial charge in [-0.2, -0.15) is 0 Å². The SMILES string of the molecule is CCOC(=O)C(C)(C)C1(O)CCN(C(=O)N(C)C)CC1. The minimum absolute atomic E-state index is 0.0685. The number of esters is 1. The van der Waals surface area contributed by atoms with Gasteiger partial charge in [-0.15, -0.1) is 0 Å². The topological polar surface area (TPSA) is 70.1 Å². The van der Waals surface area contributed by atoms with Crippen LogP contribution in [0.4, 0.5) is 4.79 Å². The summed E-state index contributed by atoms with van der Waals surface area (Å²) >= 11 is 0. The normalized spacial score (nSPS) is 18.6. The zero-order valence-corrected chi connectivity index (χ0v) is 13.1. The van der Waals surface area contributed by atoms with Gasteiger partial charge in [-0.1, -0.05) is 0 Å². The van der Waals surface area contributed by atoms with Crippen molar-refractivity contribution in [2.24, 2.45) is 5.41 Å². The Balaban J connectivity index is 2.75. The van der Waals surface area contributed by atoms with E-state index < -0.39 is 17.0 Å². The Morgan fingerprint density at radius 1 is 1.30 bits per heavy atom. The van der Waals surface area contributed by atoms with E-state index in [-0.39, 0.29) is 6.03 Å². The van der Waals surface area contributed by atoms with Gasteiger partial charge in [0.2, 0.25) is 0 Å². The van der Waals surface area contributed by atoms with Crippen LogP contribution in [0.15, 0.2) is 0 Å². The summed E-state index contributed by atoms with van der Waals surface area (Å²) in [6.07, 6.45) is 0.747. The van der Waals surface area contributed by atoms with Gasteiger partial charge in [0.1, 0.15) is 0 Å². The molecule has 1 aliphatic heterocycles. The molecule has 0 aliphatic carbocycles. The number of aliphatic hydroxyl groups is 1. The molecule has 1 heterocycles. The number of ether oxygens (including phenoxy) is 1. The lowest BCUT2D eigenvalue weighted by Gasteiger charge is -2.46. The smallest absolute Gasteiger partial charge is 0.319 e. The molecule has 0 aromatic heterocycles. The Hall–Kier alpha value is -1.30. The number of carbonyl (C=O) groups is 2. The van der Waals surface area contributed by atoms with Crippen molar-refractivity contribution in [1.82, 2.24) is 9.80 Å². The second kappa shape index (κ2) is 5.99. The van der Waals surface area contributed by atoms with Crippen LogP contribution < -0.4 is 0 Å². The minimum atomic E-state index is -1.14. The number of nitrogens with zero attached hydrogens (tertiary/aromatic N) is 2. The maximum atomic E-state index is 12.0. The van der Waals surface area contributed by atoms with Crippen LogP contribution in [-0.4, -0.2) is 66.3 Å². The van der Waals surface area contributed by atoms with Crippen molar-refractivity contribution in [3.63, 3.8) is 0 Å².